The molecular formula is C8H18O3. The number of ether oxygens (including phenoxy) is 1. The topological polar surface area (TPSA) is 49.7 Å². The minimum Gasteiger partial charge on any atom is -0.393 e. The summed E-state index contributed by atoms with van der Waals surface area (Å²) in [6.45, 7) is 1.84. The lowest BCUT2D eigenvalue weighted by Gasteiger charge is -2.27. The molecule has 0 unspecified atom stereocenters. The standard InChI is InChI=1S/C8H18O3/c1-3-4-5-8(6-9,7-10)11-2/h9-10H,3-7H2,1-2H3. The lowest BCUT2D eigenvalue weighted by Crippen LogP contribution is -2.39. The summed E-state index contributed by atoms with van der Waals surface area (Å²) in [5.74, 6) is 0. The van der Waals surface area contributed by atoms with Crippen molar-refractivity contribution in [2.24, 2.45) is 0 Å². The Morgan fingerprint density at radius 2 is 1.82 bits per heavy atom. The molecule has 0 aromatic rings. The van der Waals surface area contributed by atoms with Crippen LogP contribution in [0.5, 0.6) is 0 Å². The predicted molar refractivity (Wildman–Crippen MR) is 43.4 cm³/mol. The summed E-state index contributed by atoms with van der Waals surface area (Å²) < 4.78 is 5.04. The average molecular weight is 162 g/mol. The highest BCUT2D eigenvalue weighted by Gasteiger charge is 2.26. The van der Waals surface area contributed by atoms with Crippen molar-refractivity contribution in [1.29, 1.82) is 0 Å². The van der Waals surface area contributed by atoms with Crippen molar-refractivity contribution in [3.8, 4) is 0 Å². The highest BCUT2D eigenvalue weighted by molar-refractivity contribution is 4.77. The summed E-state index contributed by atoms with van der Waals surface area (Å²) >= 11 is 0. The summed E-state index contributed by atoms with van der Waals surface area (Å²) in [5.41, 5.74) is -0.712. The van der Waals surface area contributed by atoms with E-state index in [0.29, 0.717) is 6.42 Å². The summed E-state index contributed by atoms with van der Waals surface area (Å²) in [4.78, 5) is 0. The summed E-state index contributed by atoms with van der Waals surface area (Å²) in [6.07, 6.45) is 2.73. The maximum Gasteiger partial charge on any atom is 0.114 e. The van der Waals surface area contributed by atoms with Gasteiger partial charge in [0.15, 0.2) is 0 Å². The van der Waals surface area contributed by atoms with Gasteiger partial charge in [0.1, 0.15) is 5.60 Å². The third-order valence-corrected chi connectivity index (χ3v) is 2.00. The molecule has 0 bridgehead atoms. The number of methoxy groups -OCH3 is 1. The predicted octanol–water partition coefficient (Wildman–Crippen LogP) is 0.546. The van der Waals surface area contributed by atoms with Crippen molar-refractivity contribution in [1.82, 2.24) is 0 Å². The fraction of sp³-hybridized carbons (Fsp3) is 1.00. The van der Waals surface area contributed by atoms with E-state index in [4.69, 9.17) is 14.9 Å². The molecule has 0 atom stereocenters. The summed E-state index contributed by atoms with van der Waals surface area (Å²) in [7, 11) is 1.52. The van der Waals surface area contributed by atoms with Gasteiger partial charge in [0.05, 0.1) is 13.2 Å². The van der Waals surface area contributed by atoms with Gasteiger partial charge in [0, 0.05) is 7.11 Å². The van der Waals surface area contributed by atoms with Crippen LogP contribution in [0.4, 0.5) is 0 Å². The second-order valence-corrected chi connectivity index (χ2v) is 2.81. The first kappa shape index (κ1) is 10.9. The number of unbranched alkanes of at least 4 members (excludes halogenated alkanes) is 1. The molecule has 0 aromatic carbocycles. The monoisotopic (exact) mass is 162 g/mol. The third-order valence-electron chi connectivity index (χ3n) is 2.00. The molecule has 0 aromatic heterocycles. The van der Waals surface area contributed by atoms with Crippen molar-refractivity contribution in [2.75, 3.05) is 20.3 Å². The molecule has 0 heterocycles. The van der Waals surface area contributed by atoms with E-state index in [2.05, 4.69) is 6.92 Å². The highest BCUT2D eigenvalue weighted by Crippen LogP contribution is 2.16. The van der Waals surface area contributed by atoms with Crippen molar-refractivity contribution in [2.45, 2.75) is 31.8 Å². The van der Waals surface area contributed by atoms with Crippen LogP contribution in [0.25, 0.3) is 0 Å². The Morgan fingerprint density at radius 1 is 1.27 bits per heavy atom. The Kier molecular flexibility index (Phi) is 5.46. The number of aliphatic hydroxyl groups excluding tert-OH is 2. The zero-order valence-corrected chi connectivity index (χ0v) is 7.34. The van der Waals surface area contributed by atoms with Gasteiger partial charge in [0.25, 0.3) is 0 Å². The van der Waals surface area contributed by atoms with Gasteiger partial charge in [-0.25, -0.2) is 0 Å². The number of hydrogen-bond acceptors (Lipinski definition) is 3. The van der Waals surface area contributed by atoms with E-state index in [1.54, 1.807) is 0 Å². The third kappa shape index (κ3) is 3.18. The van der Waals surface area contributed by atoms with Crippen LogP contribution >= 0.6 is 0 Å². The van der Waals surface area contributed by atoms with E-state index in [0.717, 1.165) is 12.8 Å². The maximum absolute atomic E-state index is 8.92. The van der Waals surface area contributed by atoms with Crippen LogP contribution in [0, 0.1) is 0 Å². The van der Waals surface area contributed by atoms with E-state index >= 15 is 0 Å². The van der Waals surface area contributed by atoms with E-state index in [1.165, 1.54) is 7.11 Å². The number of hydrogen-bond donors (Lipinski definition) is 2. The van der Waals surface area contributed by atoms with Gasteiger partial charge in [0.2, 0.25) is 0 Å². The van der Waals surface area contributed by atoms with Gasteiger partial charge in [-0.05, 0) is 6.42 Å². The van der Waals surface area contributed by atoms with Crippen LogP contribution in [0.15, 0.2) is 0 Å². The van der Waals surface area contributed by atoms with E-state index < -0.39 is 5.60 Å². The van der Waals surface area contributed by atoms with Gasteiger partial charge in [-0.1, -0.05) is 19.8 Å². The Morgan fingerprint density at radius 3 is 2.09 bits per heavy atom. The molecule has 0 aliphatic rings. The molecule has 0 aliphatic carbocycles. The number of aliphatic hydroxyl groups is 2. The maximum atomic E-state index is 8.92. The summed E-state index contributed by atoms with van der Waals surface area (Å²) in [5, 5.41) is 17.8. The first-order chi connectivity index (χ1) is 5.24. The van der Waals surface area contributed by atoms with Crippen LogP contribution in [0.1, 0.15) is 26.2 Å². The average Bonchev–Trinajstić information content (AvgIpc) is 2.08. The van der Waals surface area contributed by atoms with E-state index in [-0.39, 0.29) is 13.2 Å². The Hall–Kier alpha value is -0.120. The van der Waals surface area contributed by atoms with Crippen LogP contribution in [0.2, 0.25) is 0 Å². The molecule has 3 heteroatoms. The molecule has 0 saturated carbocycles. The first-order valence-corrected chi connectivity index (χ1v) is 4.01. The van der Waals surface area contributed by atoms with Crippen LogP contribution in [0.3, 0.4) is 0 Å². The van der Waals surface area contributed by atoms with Crippen molar-refractivity contribution < 1.29 is 14.9 Å². The Labute approximate surface area is 68.0 Å². The highest BCUT2D eigenvalue weighted by atomic mass is 16.5. The smallest absolute Gasteiger partial charge is 0.114 e. The SMILES string of the molecule is CCCCC(CO)(CO)OC. The zero-order valence-electron chi connectivity index (χ0n) is 7.34. The Balaban J connectivity index is 3.84. The first-order valence-electron chi connectivity index (χ1n) is 4.01. The fourth-order valence-electron chi connectivity index (χ4n) is 0.938. The molecule has 0 rings (SSSR count). The molecule has 11 heavy (non-hydrogen) atoms. The molecule has 0 spiro atoms. The molecule has 0 fully saturated rings. The van der Waals surface area contributed by atoms with E-state index in [9.17, 15) is 0 Å². The minimum atomic E-state index is -0.712. The molecule has 68 valence electrons. The van der Waals surface area contributed by atoms with Gasteiger partial charge in [-0.2, -0.15) is 0 Å². The second kappa shape index (κ2) is 5.52. The van der Waals surface area contributed by atoms with Crippen LogP contribution in [-0.4, -0.2) is 36.1 Å². The zero-order chi connectivity index (χ0) is 8.74. The van der Waals surface area contributed by atoms with Gasteiger partial charge in [-0.3, -0.25) is 0 Å². The lowest BCUT2D eigenvalue weighted by atomic mass is 9.99. The molecule has 0 radical (unpaired) electrons. The normalized spacial score (nSPS) is 12.0. The molecule has 0 saturated heterocycles. The quantitative estimate of drug-likeness (QED) is 0.599. The summed E-state index contributed by atoms with van der Waals surface area (Å²) in [6, 6.07) is 0. The minimum absolute atomic E-state index is 0.111. The van der Waals surface area contributed by atoms with Gasteiger partial charge in [-0.15, -0.1) is 0 Å². The lowest BCUT2D eigenvalue weighted by molar-refractivity contribution is -0.0909. The molecular weight excluding hydrogens is 144 g/mol. The largest absolute Gasteiger partial charge is 0.393 e. The molecule has 3 nitrogen and oxygen atoms in total. The van der Waals surface area contributed by atoms with Crippen molar-refractivity contribution in [3.63, 3.8) is 0 Å². The van der Waals surface area contributed by atoms with Gasteiger partial charge >= 0.3 is 0 Å². The van der Waals surface area contributed by atoms with Gasteiger partial charge < -0.3 is 14.9 Å². The van der Waals surface area contributed by atoms with Crippen LogP contribution in [-0.2, 0) is 4.74 Å². The Bertz CT molecular complexity index is 81.1. The molecule has 0 aliphatic heterocycles. The fourth-order valence-corrected chi connectivity index (χ4v) is 0.938. The number of rotatable bonds is 6. The van der Waals surface area contributed by atoms with Crippen molar-refractivity contribution in [3.05, 3.63) is 0 Å². The van der Waals surface area contributed by atoms with E-state index in [1.807, 2.05) is 0 Å². The van der Waals surface area contributed by atoms with Crippen molar-refractivity contribution >= 4 is 0 Å². The molecule has 2 N–H and O–H groups in total. The molecule has 0 amide bonds. The van der Waals surface area contributed by atoms with Crippen LogP contribution < -0.4 is 0 Å². The second-order valence-electron chi connectivity index (χ2n) is 2.81.